The van der Waals surface area contributed by atoms with Gasteiger partial charge in [-0.15, -0.1) is 0 Å². The summed E-state index contributed by atoms with van der Waals surface area (Å²) in [5.74, 6) is 0.711. The summed E-state index contributed by atoms with van der Waals surface area (Å²) in [7, 11) is 2.10. The predicted molar refractivity (Wildman–Crippen MR) is 132 cm³/mol. The molecule has 1 aliphatic rings. The van der Waals surface area contributed by atoms with Crippen molar-refractivity contribution in [3.05, 3.63) is 53.7 Å². The Balaban J connectivity index is 1.40. The molecule has 0 spiro atoms. The molecule has 4 aromatic rings. The normalized spacial score (nSPS) is 15.9. The van der Waals surface area contributed by atoms with Crippen molar-refractivity contribution in [3.63, 3.8) is 0 Å². The van der Waals surface area contributed by atoms with Gasteiger partial charge in [-0.1, -0.05) is 0 Å². The summed E-state index contributed by atoms with van der Waals surface area (Å²) in [5.41, 5.74) is 1.21. The molecule has 0 amide bonds. The molecular weight excluding hydrogens is 546 g/mol. The molecule has 9 nitrogen and oxygen atoms in total. The molecule has 1 aliphatic heterocycles. The van der Waals surface area contributed by atoms with E-state index in [0.717, 1.165) is 44.0 Å². The third-order valence-electron chi connectivity index (χ3n) is 6.25. The molecule has 5 rings (SSSR count). The quantitative estimate of drug-likeness (QED) is 0.366. The van der Waals surface area contributed by atoms with Gasteiger partial charge in [-0.2, -0.15) is 0 Å². The fourth-order valence-electron chi connectivity index (χ4n) is 4.04. The van der Waals surface area contributed by atoms with Crippen LogP contribution in [0.25, 0.3) is 22.3 Å². The van der Waals surface area contributed by atoms with Crippen molar-refractivity contribution < 1.29 is 13.2 Å². The number of nitrogens with one attached hydrogen (secondary N) is 1. The molecule has 13 heteroatoms. The number of H-pyrrole nitrogens is 1. The van der Waals surface area contributed by atoms with Gasteiger partial charge < -0.3 is 0 Å². The number of fused-ring (bicyclic) bond motifs is 1. The Bertz CT molecular complexity index is 1460. The first-order valence-corrected chi connectivity index (χ1v) is 13.5. The van der Waals surface area contributed by atoms with Crippen LogP contribution in [-0.4, -0.2) is 83.8 Å². The van der Waals surface area contributed by atoms with E-state index < -0.39 is 27.5 Å². The van der Waals surface area contributed by atoms with Crippen LogP contribution in [0.4, 0.5) is 19.1 Å². The summed E-state index contributed by atoms with van der Waals surface area (Å²) >= 11 is -0.588. The third kappa shape index (κ3) is 5.28. The van der Waals surface area contributed by atoms with E-state index >= 15 is 0 Å². The van der Waals surface area contributed by atoms with Crippen molar-refractivity contribution >= 4 is 37.3 Å². The van der Waals surface area contributed by atoms with Gasteiger partial charge in [-0.05, 0) is 0 Å². The van der Waals surface area contributed by atoms with E-state index in [9.17, 15) is 18.4 Å². The third-order valence-corrected chi connectivity index (χ3v) is 8.62. The average Bonchev–Trinajstić information content (AvgIpc) is 3.32. The minimum atomic E-state index is -4.54. The molecule has 4 aromatic heterocycles. The van der Waals surface area contributed by atoms with Crippen LogP contribution in [0, 0.1) is 11.3 Å². The van der Waals surface area contributed by atoms with Crippen molar-refractivity contribution in [2.75, 3.05) is 38.1 Å². The molecule has 5 heterocycles. The number of rotatable bonds is 5. The standard InChI is InChI=1S/C24H22AsF3N9/c1-14(16-10-33-23(34-11-16)37-5-3-36(2)4-6-37)25-22-32-9-15(8-29)20(35-22)19-13-31-21-18(19)7-17(12-30-21)24(26,27)28/h7,9-14H,3-6H2,1-2H3,(H,30,31)/t14-/m1/s1. The maximum absolute atomic E-state index is 13.3. The molecule has 189 valence electrons. The van der Waals surface area contributed by atoms with Crippen LogP contribution in [0.1, 0.15) is 28.3 Å². The fourth-order valence-corrected chi connectivity index (χ4v) is 5.95. The van der Waals surface area contributed by atoms with Crippen molar-refractivity contribution in [1.82, 2.24) is 34.8 Å². The van der Waals surface area contributed by atoms with Crippen LogP contribution < -0.4 is 9.51 Å². The zero-order chi connectivity index (χ0) is 26.2. The number of halogens is 3. The van der Waals surface area contributed by atoms with Crippen molar-refractivity contribution in [2.24, 2.45) is 0 Å². The Morgan fingerprint density at radius 1 is 1.05 bits per heavy atom. The van der Waals surface area contributed by atoms with E-state index in [-0.39, 0.29) is 27.0 Å². The number of anilines is 1. The number of likely N-dealkylation sites (N-methyl/N-ethyl adjacent to an activating group) is 1. The van der Waals surface area contributed by atoms with Gasteiger partial charge in [0, 0.05) is 0 Å². The second-order valence-electron chi connectivity index (χ2n) is 8.78. The van der Waals surface area contributed by atoms with E-state index in [2.05, 4.69) is 46.8 Å². The molecule has 1 saturated heterocycles. The van der Waals surface area contributed by atoms with Crippen molar-refractivity contribution in [1.29, 1.82) is 5.26 Å². The van der Waals surface area contributed by atoms with Gasteiger partial charge in [0.1, 0.15) is 0 Å². The van der Waals surface area contributed by atoms with Crippen LogP contribution >= 0.6 is 0 Å². The summed E-state index contributed by atoms with van der Waals surface area (Å²) in [6, 6.07) is 3.07. The topological polar surface area (TPSA) is 111 Å². The van der Waals surface area contributed by atoms with Gasteiger partial charge in [0.25, 0.3) is 0 Å². The monoisotopic (exact) mass is 568 g/mol. The number of aromatic nitrogens is 6. The van der Waals surface area contributed by atoms with E-state index in [1.165, 1.54) is 12.4 Å². The Morgan fingerprint density at radius 2 is 1.78 bits per heavy atom. The van der Waals surface area contributed by atoms with Gasteiger partial charge in [-0.25, -0.2) is 0 Å². The summed E-state index contributed by atoms with van der Waals surface area (Å²) in [4.78, 5) is 29.3. The van der Waals surface area contributed by atoms with Gasteiger partial charge >= 0.3 is 218 Å². The van der Waals surface area contributed by atoms with Crippen molar-refractivity contribution in [3.8, 4) is 17.3 Å². The zero-order valence-corrected chi connectivity index (χ0v) is 21.9. The summed E-state index contributed by atoms with van der Waals surface area (Å²) in [5, 5.41) is 9.86. The van der Waals surface area contributed by atoms with E-state index in [1.807, 2.05) is 25.4 Å². The Kier molecular flexibility index (Phi) is 6.84. The van der Waals surface area contributed by atoms with Crippen LogP contribution in [0.3, 0.4) is 0 Å². The molecule has 37 heavy (non-hydrogen) atoms. The molecule has 1 fully saturated rings. The number of hydrogen-bond donors (Lipinski definition) is 1. The van der Waals surface area contributed by atoms with Gasteiger partial charge in [0.15, 0.2) is 0 Å². The van der Waals surface area contributed by atoms with Crippen LogP contribution in [-0.2, 0) is 6.18 Å². The predicted octanol–water partition coefficient (Wildman–Crippen LogP) is 2.54. The summed E-state index contributed by atoms with van der Waals surface area (Å²) < 4.78 is 40.5. The second kappa shape index (κ2) is 10.1. The number of aromatic amines is 1. The maximum atomic E-state index is 13.3. The summed E-state index contributed by atoms with van der Waals surface area (Å²) in [6.07, 6.45) is 2.85. The molecule has 0 bridgehead atoms. The van der Waals surface area contributed by atoms with Crippen LogP contribution in [0.15, 0.2) is 37.1 Å². The number of nitrogens with zero attached hydrogens (tertiary/aromatic N) is 8. The molecule has 1 N–H and O–H groups in total. The van der Waals surface area contributed by atoms with Gasteiger partial charge in [0.05, 0.1) is 0 Å². The first-order chi connectivity index (χ1) is 17.7. The summed E-state index contributed by atoms with van der Waals surface area (Å²) in [6.45, 7) is 5.74. The fraction of sp³-hybridized carbons (Fsp3) is 0.333. The Hall–Kier alpha value is -3.55. The molecule has 0 aliphatic carbocycles. The molecule has 0 unspecified atom stereocenters. The van der Waals surface area contributed by atoms with Crippen molar-refractivity contribution in [2.45, 2.75) is 17.8 Å². The van der Waals surface area contributed by atoms with Gasteiger partial charge in [0.2, 0.25) is 0 Å². The number of pyridine rings is 1. The van der Waals surface area contributed by atoms with Crippen LogP contribution in [0.5, 0.6) is 0 Å². The second-order valence-corrected chi connectivity index (χ2v) is 11.8. The zero-order valence-electron chi connectivity index (χ0n) is 20.0. The number of piperazine rings is 1. The number of nitriles is 1. The Morgan fingerprint density at radius 3 is 2.46 bits per heavy atom. The first-order valence-electron chi connectivity index (χ1n) is 11.5. The molecule has 0 saturated carbocycles. The number of alkyl halides is 3. The van der Waals surface area contributed by atoms with E-state index in [0.29, 0.717) is 16.1 Å². The van der Waals surface area contributed by atoms with Crippen LogP contribution in [0.2, 0.25) is 0 Å². The average molecular weight is 568 g/mol. The molecule has 0 aromatic carbocycles. The van der Waals surface area contributed by atoms with E-state index in [4.69, 9.17) is 0 Å². The Labute approximate surface area is 217 Å². The minimum absolute atomic E-state index is 0.0695. The van der Waals surface area contributed by atoms with Gasteiger partial charge in [-0.3, -0.25) is 0 Å². The SMILES string of the molecule is C[C@@H]([As]c1ncc(C#N)c(-c2c[nH]c3ncc(C(F)(F)F)cc23)n1)c1cnc(N2CCN(C)CC2)nc1. The number of hydrogen-bond acceptors (Lipinski definition) is 8. The molecule has 1 atom stereocenters. The van der Waals surface area contributed by atoms with E-state index in [1.54, 1.807) is 0 Å². The molecular formula is C24H22AsF3N9. The first kappa shape index (κ1) is 25.1. The molecule has 1 radical (unpaired) electrons.